The number of hydrogen-bond acceptors (Lipinski definition) is 4. The molecule has 0 radical (unpaired) electrons. The third-order valence-corrected chi connectivity index (χ3v) is 2.58. The van der Waals surface area contributed by atoms with Crippen molar-refractivity contribution in [3.63, 3.8) is 0 Å². The van der Waals surface area contributed by atoms with Crippen molar-refractivity contribution in [1.29, 1.82) is 0 Å². The molecule has 1 heterocycles. The lowest BCUT2D eigenvalue weighted by Gasteiger charge is -2.07. The van der Waals surface area contributed by atoms with E-state index in [-0.39, 0.29) is 17.2 Å². The van der Waals surface area contributed by atoms with E-state index in [9.17, 15) is 9.18 Å². The number of carbonyl (C=O) groups is 1. The van der Waals surface area contributed by atoms with Crippen LogP contribution in [0.4, 0.5) is 10.1 Å². The smallest absolute Gasteiger partial charge is 0.253 e. The number of nitrogens with two attached hydrogens (primary N) is 1. The number of aromatic nitrogens is 3. The van der Waals surface area contributed by atoms with Crippen LogP contribution in [-0.4, -0.2) is 27.4 Å². The van der Waals surface area contributed by atoms with Crippen molar-refractivity contribution in [3.8, 4) is 0 Å². The van der Waals surface area contributed by atoms with E-state index >= 15 is 0 Å². The highest BCUT2D eigenvalue weighted by Crippen LogP contribution is 2.12. The second-order valence-electron chi connectivity index (χ2n) is 4.01. The summed E-state index contributed by atoms with van der Waals surface area (Å²) in [5, 5.41) is 10.2. The Morgan fingerprint density at radius 2 is 2.32 bits per heavy atom. The van der Waals surface area contributed by atoms with Crippen LogP contribution >= 0.6 is 0 Å². The monoisotopic (exact) mass is 263 g/mol. The molecule has 0 aliphatic heterocycles. The van der Waals surface area contributed by atoms with Crippen LogP contribution in [0.3, 0.4) is 0 Å². The van der Waals surface area contributed by atoms with Crippen molar-refractivity contribution in [2.75, 3.05) is 12.3 Å². The predicted molar refractivity (Wildman–Crippen MR) is 67.8 cm³/mol. The van der Waals surface area contributed by atoms with Crippen molar-refractivity contribution in [2.45, 2.75) is 13.0 Å². The van der Waals surface area contributed by atoms with Crippen molar-refractivity contribution in [1.82, 2.24) is 20.3 Å². The van der Waals surface area contributed by atoms with Gasteiger partial charge in [0.2, 0.25) is 0 Å². The number of benzene rings is 1. The fourth-order valence-corrected chi connectivity index (χ4v) is 1.63. The molecule has 19 heavy (non-hydrogen) atoms. The Bertz CT molecular complexity index is 555. The highest BCUT2D eigenvalue weighted by Gasteiger charge is 2.09. The molecule has 0 bridgehead atoms. The molecule has 0 saturated carbocycles. The first-order chi connectivity index (χ1) is 9.16. The highest BCUT2D eigenvalue weighted by molar-refractivity contribution is 5.99. The summed E-state index contributed by atoms with van der Waals surface area (Å²) >= 11 is 0. The molecule has 2 aromatic rings. The Hall–Kier alpha value is -2.44. The number of hydrogen-bond donors (Lipinski definition) is 2. The van der Waals surface area contributed by atoms with Crippen molar-refractivity contribution < 1.29 is 9.18 Å². The largest absolute Gasteiger partial charge is 0.398 e. The number of rotatable bonds is 5. The van der Waals surface area contributed by atoms with Gasteiger partial charge in [-0.3, -0.25) is 9.48 Å². The number of nitrogen functional groups attached to an aromatic ring is 1. The number of nitrogens with zero attached hydrogens (tertiary/aromatic N) is 3. The van der Waals surface area contributed by atoms with E-state index in [0.29, 0.717) is 13.1 Å². The van der Waals surface area contributed by atoms with Gasteiger partial charge in [0.15, 0.2) is 0 Å². The van der Waals surface area contributed by atoms with Gasteiger partial charge >= 0.3 is 0 Å². The maximum atomic E-state index is 12.8. The number of aryl methyl sites for hydroxylation is 1. The third kappa shape index (κ3) is 3.51. The first kappa shape index (κ1) is 13.0. The van der Waals surface area contributed by atoms with Crippen LogP contribution in [0.25, 0.3) is 0 Å². The van der Waals surface area contributed by atoms with Crippen LogP contribution in [0.1, 0.15) is 16.8 Å². The second kappa shape index (κ2) is 5.94. The van der Waals surface area contributed by atoms with Crippen LogP contribution in [0.5, 0.6) is 0 Å². The summed E-state index contributed by atoms with van der Waals surface area (Å²) in [6.07, 6.45) is 4.06. The minimum atomic E-state index is -0.458. The van der Waals surface area contributed by atoms with Gasteiger partial charge in [-0.1, -0.05) is 5.21 Å². The predicted octanol–water partition coefficient (Wildman–Crippen LogP) is 0.819. The Balaban J connectivity index is 1.81. The van der Waals surface area contributed by atoms with Gasteiger partial charge in [-0.2, -0.15) is 0 Å². The molecule has 0 saturated heterocycles. The summed E-state index contributed by atoms with van der Waals surface area (Å²) < 4.78 is 14.5. The first-order valence-electron chi connectivity index (χ1n) is 5.84. The highest BCUT2D eigenvalue weighted by atomic mass is 19.1. The van der Waals surface area contributed by atoms with E-state index in [1.165, 1.54) is 12.1 Å². The van der Waals surface area contributed by atoms with Gasteiger partial charge in [-0.25, -0.2) is 4.39 Å². The average molecular weight is 263 g/mol. The van der Waals surface area contributed by atoms with E-state index in [2.05, 4.69) is 15.6 Å². The van der Waals surface area contributed by atoms with Gasteiger partial charge in [-0.15, -0.1) is 5.10 Å². The van der Waals surface area contributed by atoms with Crippen LogP contribution in [0, 0.1) is 5.82 Å². The fourth-order valence-electron chi connectivity index (χ4n) is 1.63. The summed E-state index contributed by atoms with van der Waals surface area (Å²) in [5.41, 5.74) is 5.99. The fraction of sp³-hybridized carbons (Fsp3) is 0.250. The number of halogens is 1. The number of amides is 1. The number of anilines is 1. The molecular weight excluding hydrogens is 249 g/mol. The zero-order valence-electron chi connectivity index (χ0n) is 10.2. The van der Waals surface area contributed by atoms with Crippen LogP contribution in [0.2, 0.25) is 0 Å². The van der Waals surface area contributed by atoms with Gasteiger partial charge in [0, 0.05) is 25.0 Å². The molecule has 0 unspecified atom stereocenters. The van der Waals surface area contributed by atoms with Gasteiger partial charge in [-0.05, 0) is 24.6 Å². The quantitative estimate of drug-likeness (QED) is 0.617. The van der Waals surface area contributed by atoms with E-state index in [1.807, 2.05) is 0 Å². The number of carbonyl (C=O) groups excluding carboxylic acids is 1. The molecule has 100 valence electrons. The molecule has 3 N–H and O–H groups in total. The van der Waals surface area contributed by atoms with Crippen LogP contribution < -0.4 is 11.1 Å². The molecule has 0 spiro atoms. The summed E-state index contributed by atoms with van der Waals surface area (Å²) in [7, 11) is 0. The Morgan fingerprint density at radius 1 is 1.47 bits per heavy atom. The summed E-state index contributed by atoms with van der Waals surface area (Å²) in [6, 6.07) is 3.71. The minimum Gasteiger partial charge on any atom is -0.398 e. The molecule has 0 aliphatic rings. The van der Waals surface area contributed by atoms with Gasteiger partial charge < -0.3 is 11.1 Å². The second-order valence-corrected chi connectivity index (χ2v) is 4.01. The van der Waals surface area contributed by atoms with Gasteiger partial charge in [0.05, 0.1) is 11.8 Å². The molecule has 6 nitrogen and oxygen atoms in total. The van der Waals surface area contributed by atoms with Crippen LogP contribution in [-0.2, 0) is 6.54 Å². The van der Waals surface area contributed by atoms with Crippen LogP contribution in [0.15, 0.2) is 30.6 Å². The molecule has 7 heteroatoms. The topological polar surface area (TPSA) is 85.8 Å². The maximum Gasteiger partial charge on any atom is 0.253 e. The molecule has 0 atom stereocenters. The summed E-state index contributed by atoms with van der Waals surface area (Å²) in [6.45, 7) is 1.15. The molecule has 2 rings (SSSR count). The first-order valence-corrected chi connectivity index (χ1v) is 5.84. The summed E-state index contributed by atoms with van der Waals surface area (Å²) in [5.74, 6) is -0.767. The van der Waals surface area contributed by atoms with Gasteiger partial charge in [0.25, 0.3) is 5.91 Å². The molecule has 0 fully saturated rings. The zero-order valence-corrected chi connectivity index (χ0v) is 10.2. The summed E-state index contributed by atoms with van der Waals surface area (Å²) in [4.78, 5) is 11.8. The number of nitrogens with one attached hydrogen (secondary N) is 1. The standard InChI is InChI=1S/C12H14FN5O/c13-9-2-3-10(11(14)8-9)12(19)15-4-1-6-18-7-5-16-17-18/h2-3,5,7-8H,1,4,6,14H2,(H,15,19). The molecule has 0 aliphatic carbocycles. The molecule has 1 amide bonds. The van der Waals surface area contributed by atoms with Crippen molar-refractivity contribution >= 4 is 11.6 Å². The Kier molecular flexibility index (Phi) is 4.07. The SMILES string of the molecule is Nc1cc(F)ccc1C(=O)NCCCn1ccnn1. The normalized spacial score (nSPS) is 10.4. The lowest BCUT2D eigenvalue weighted by atomic mass is 10.1. The minimum absolute atomic E-state index is 0.133. The van der Waals surface area contributed by atoms with Crippen molar-refractivity contribution in [3.05, 3.63) is 42.0 Å². The molecular formula is C12H14FN5O. The van der Waals surface area contributed by atoms with E-state index < -0.39 is 5.82 Å². The van der Waals surface area contributed by atoms with Crippen molar-refractivity contribution in [2.24, 2.45) is 0 Å². The van der Waals surface area contributed by atoms with E-state index in [0.717, 1.165) is 12.5 Å². The lowest BCUT2D eigenvalue weighted by molar-refractivity contribution is 0.0953. The molecule has 1 aromatic heterocycles. The zero-order chi connectivity index (χ0) is 13.7. The Morgan fingerprint density at radius 3 is 3.00 bits per heavy atom. The van der Waals surface area contributed by atoms with E-state index in [4.69, 9.17) is 5.73 Å². The molecule has 1 aromatic carbocycles. The van der Waals surface area contributed by atoms with E-state index in [1.54, 1.807) is 17.1 Å². The average Bonchev–Trinajstić information content (AvgIpc) is 2.87. The van der Waals surface area contributed by atoms with Gasteiger partial charge in [0.1, 0.15) is 5.82 Å². The lowest BCUT2D eigenvalue weighted by Crippen LogP contribution is -2.26. The maximum absolute atomic E-state index is 12.8. The Labute approximate surface area is 109 Å². The third-order valence-electron chi connectivity index (χ3n) is 2.58.